The smallest absolute Gasteiger partial charge is 0.262 e. The molecule has 3 rings (SSSR count). The fraction of sp³-hybridized carbons (Fsp3) is 0.474. The molecule has 2 heterocycles. The number of nitrogens with zero attached hydrogens (tertiary/aromatic N) is 4. The highest BCUT2D eigenvalue weighted by molar-refractivity contribution is 7.89. The molecule has 0 unspecified atom stereocenters. The number of sulfonamides is 1. The van der Waals surface area contributed by atoms with Crippen molar-refractivity contribution in [2.45, 2.75) is 31.4 Å². The summed E-state index contributed by atoms with van der Waals surface area (Å²) >= 11 is 0. The van der Waals surface area contributed by atoms with Gasteiger partial charge in [0.15, 0.2) is 5.03 Å². The number of carbonyl (C=O) groups is 1. The first kappa shape index (κ1) is 20.3. The number of imidazole rings is 1. The Kier molecular flexibility index (Phi) is 6.04. The summed E-state index contributed by atoms with van der Waals surface area (Å²) in [4.78, 5) is 18.5. The molecule has 9 heteroatoms. The van der Waals surface area contributed by atoms with Gasteiger partial charge in [0, 0.05) is 45.0 Å². The summed E-state index contributed by atoms with van der Waals surface area (Å²) in [5, 5.41) is 0.0375. The zero-order valence-electron chi connectivity index (χ0n) is 16.4. The molecule has 8 nitrogen and oxygen atoms in total. The first-order chi connectivity index (χ1) is 13.3. The van der Waals surface area contributed by atoms with Crippen LogP contribution in [0.4, 0.5) is 0 Å². The van der Waals surface area contributed by atoms with Gasteiger partial charge in [-0.1, -0.05) is 0 Å². The quantitative estimate of drug-likeness (QED) is 0.755. The summed E-state index contributed by atoms with van der Waals surface area (Å²) < 4.78 is 34.1. The summed E-state index contributed by atoms with van der Waals surface area (Å²) in [6.07, 6.45) is 3.60. The molecule has 1 aliphatic heterocycles. The topological polar surface area (TPSA) is 84.7 Å². The van der Waals surface area contributed by atoms with Crippen LogP contribution in [0.1, 0.15) is 30.6 Å². The number of aromatic nitrogens is 2. The van der Waals surface area contributed by atoms with Gasteiger partial charge in [-0.15, -0.1) is 0 Å². The summed E-state index contributed by atoms with van der Waals surface area (Å²) in [6.45, 7) is 5.36. The number of rotatable bonds is 5. The van der Waals surface area contributed by atoms with E-state index in [0.717, 1.165) is 5.75 Å². The van der Waals surface area contributed by atoms with Crippen LogP contribution in [0.25, 0.3) is 0 Å². The molecule has 28 heavy (non-hydrogen) atoms. The first-order valence-electron chi connectivity index (χ1n) is 9.31. The van der Waals surface area contributed by atoms with E-state index in [1.165, 1.54) is 16.8 Å². The van der Waals surface area contributed by atoms with Gasteiger partial charge in [-0.25, -0.2) is 13.4 Å². The van der Waals surface area contributed by atoms with E-state index >= 15 is 0 Å². The third-order valence-corrected chi connectivity index (χ3v) is 6.28. The molecule has 1 aromatic heterocycles. The summed E-state index contributed by atoms with van der Waals surface area (Å²) in [6, 6.07) is 7.05. The van der Waals surface area contributed by atoms with Crippen molar-refractivity contribution in [3.63, 3.8) is 0 Å². The highest BCUT2D eigenvalue weighted by Crippen LogP contribution is 2.18. The van der Waals surface area contributed by atoms with Crippen molar-refractivity contribution >= 4 is 15.9 Å². The molecule has 0 N–H and O–H groups in total. The van der Waals surface area contributed by atoms with Gasteiger partial charge < -0.3 is 14.2 Å². The molecule has 0 spiro atoms. The number of ether oxygens (including phenoxy) is 1. The maximum atomic E-state index is 12.8. The molecule has 0 atom stereocenters. The minimum atomic E-state index is -3.65. The van der Waals surface area contributed by atoms with E-state index in [-0.39, 0.29) is 23.6 Å². The molecule has 1 aliphatic rings. The molecule has 0 aliphatic carbocycles. The van der Waals surface area contributed by atoms with E-state index < -0.39 is 10.0 Å². The third kappa shape index (κ3) is 4.53. The maximum absolute atomic E-state index is 12.8. The van der Waals surface area contributed by atoms with Gasteiger partial charge in [-0.2, -0.15) is 4.31 Å². The average Bonchev–Trinajstić information content (AvgIpc) is 2.94. The summed E-state index contributed by atoms with van der Waals surface area (Å²) in [7, 11) is -1.92. The van der Waals surface area contributed by atoms with Crippen LogP contribution in [0, 0.1) is 0 Å². The van der Waals surface area contributed by atoms with Gasteiger partial charge in [0.1, 0.15) is 5.75 Å². The largest absolute Gasteiger partial charge is 0.491 e. The standard InChI is InChI=1S/C19H26N4O4S/c1-15(2)27-17-7-5-16(6-8-17)19(24)22-9-4-10-23(12-11-22)28(25,26)18-13-21(3)14-20-18/h5-8,13-15H,4,9-12H2,1-3H3. The van der Waals surface area contributed by atoms with Crippen molar-refractivity contribution in [3.05, 3.63) is 42.4 Å². The van der Waals surface area contributed by atoms with Gasteiger partial charge in [0.05, 0.1) is 12.4 Å². The summed E-state index contributed by atoms with van der Waals surface area (Å²) in [5.74, 6) is 0.614. The number of hydrogen-bond acceptors (Lipinski definition) is 5. The SMILES string of the molecule is CC(C)Oc1ccc(C(=O)N2CCCN(S(=O)(=O)c3cn(C)cn3)CC2)cc1. The van der Waals surface area contributed by atoms with Crippen LogP contribution in [0.15, 0.2) is 41.8 Å². The Bertz CT molecular complexity index is 922. The van der Waals surface area contributed by atoms with Gasteiger partial charge in [-0.3, -0.25) is 4.79 Å². The molecular weight excluding hydrogens is 380 g/mol. The zero-order valence-corrected chi connectivity index (χ0v) is 17.2. The number of aryl methyl sites for hydroxylation is 1. The fourth-order valence-corrected chi connectivity index (χ4v) is 4.56. The molecule has 0 radical (unpaired) electrons. The zero-order chi connectivity index (χ0) is 20.3. The lowest BCUT2D eigenvalue weighted by atomic mass is 10.2. The maximum Gasteiger partial charge on any atom is 0.262 e. The molecule has 0 saturated carbocycles. The van der Waals surface area contributed by atoms with E-state index in [1.54, 1.807) is 40.8 Å². The Morgan fingerprint density at radius 2 is 1.82 bits per heavy atom. The molecule has 1 saturated heterocycles. The van der Waals surface area contributed by atoms with Gasteiger partial charge >= 0.3 is 0 Å². The Morgan fingerprint density at radius 3 is 2.43 bits per heavy atom. The van der Waals surface area contributed by atoms with Crippen molar-refractivity contribution in [3.8, 4) is 5.75 Å². The molecule has 2 aromatic rings. The third-order valence-electron chi connectivity index (χ3n) is 4.50. The second-order valence-corrected chi connectivity index (χ2v) is 9.00. The van der Waals surface area contributed by atoms with Crippen molar-refractivity contribution in [1.29, 1.82) is 0 Å². The molecule has 1 fully saturated rings. The predicted octanol–water partition coefficient (Wildman–Crippen LogP) is 1.74. The number of amides is 1. The lowest BCUT2D eigenvalue weighted by molar-refractivity contribution is 0.0764. The van der Waals surface area contributed by atoms with E-state index in [0.29, 0.717) is 31.6 Å². The van der Waals surface area contributed by atoms with Gasteiger partial charge in [-0.05, 0) is 44.5 Å². The second-order valence-electron chi connectivity index (χ2n) is 7.12. The predicted molar refractivity (Wildman–Crippen MR) is 105 cm³/mol. The second kappa shape index (κ2) is 8.32. The van der Waals surface area contributed by atoms with E-state index in [9.17, 15) is 13.2 Å². The first-order valence-corrected chi connectivity index (χ1v) is 10.8. The number of hydrogen-bond donors (Lipinski definition) is 0. The highest BCUT2D eigenvalue weighted by atomic mass is 32.2. The minimum Gasteiger partial charge on any atom is -0.491 e. The van der Waals surface area contributed by atoms with E-state index in [1.807, 2.05) is 13.8 Å². The van der Waals surface area contributed by atoms with Crippen LogP contribution >= 0.6 is 0 Å². The molecule has 1 amide bonds. The average molecular weight is 407 g/mol. The fourth-order valence-electron chi connectivity index (χ4n) is 3.12. The van der Waals surface area contributed by atoms with Crippen molar-refractivity contribution in [2.24, 2.45) is 7.05 Å². The minimum absolute atomic E-state index is 0.0375. The van der Waals surface area contributed by atoms with Gasteiger partial charge in [0.25, 0.3) is 15.9 Å². The lowest BCUT2D eigenvalue weighted by Crippen LogP contribution is -2.37. The van der Waals surface area contributed by atoms with Crippen molar-refractivity contribution < 1.29 is 17.9 Å². The molecule has 152 valence electrons. The van der Waals surface area contributed by atoms with Crippen LogP contribution in [-0.4, -0.2) is 65.4 Å². The number of benzene rings is 1. The van der Waals surface area contributed by atoms with Crippen LogP contribution in [0.5, 0.6) is 5.75 Å². The molecular formula is C19H26N4O4S. The van der Waals surface area contributed by atoms with Crippen LogP contribution in [0.2, 0.25) is 0 Å². The highest BCUT2D eigenvalue weighted by Gasteiger charge is 2.30. The molecule has 1 aromatic carbocycles. The molecule has 0 bridgehead atoms. The summed E-state index contributed by atoms with van der Waals surface area (Å²) in [5.41, 5.74) is 0.567. The van der Waals surface area contributed by atoms with Crippen molar-refractivity contribution in [2.75, 3.05) is 26.2 Å². The monoisotopic (exact) mass is 406 g/mol. The van der Waals surface area contributed by atoms with Crippen molar-refractivity contribution in [1.82, 2.24) is 18.8 Å². The Labute approximate surface area is 165 Å². The van der Waals surface area contributed by atoms with Crippen LogP contribution < -0.4 is 4.74 Å². The van der Waals surface area contributed by atoms with Gasteiger partial charge in [0.2, 0.25) is 0 Å². The van der Waals surface area contributed by atoms with E-state index in [4.69, 9.17) is 4.74 Å². The Balaban J connectivity index is 1.67. The Hall–Kier alpha value is -2.39. The van der Waals surface area contributed by atoms with Crippen LogP contribution in [0.3, 0.4) is 0 Å². The Morgan fingerprint density at radius 1 is 1.11 bits per heavy atom. The lowest BCUT2D eigenvalue weighted by Gasteiger charge is -2.21. The van der Waals surface area contributed by atoms with E-state index in [2.05, 4.69) is 4.98 Å². The normalized spacial score (nSPS) is 16.2. The number of carbonyl (C=O) groups excluding carboxylic acids is 1. The van der Waals surface area contributed by atoms with Crippen LogP contribution in [-0.2, 0) is 17.1 Å².